The number of carbonyl (C=O) groups is 2. The summed E-state index contributed by atoms with van der Waals surface area (Å²) in [7, 11) is 0. The first-order valence-corrected chi connectivity index (χ1v) is 22.0. The third kappa shape index (κ3) is 16.7. The van der Waals surface area contributed by atoms with Crippen LogP contribution >= 0.6 is 0 Å². The summed E-state index contributed by atoms with van der Waals surface area (Å²) in [4.78, 5) is 56.3. The number of nitrogens with one attached hydrogen (secondary N) is 1. The van der Waals surface area contributed by atoms with Crippen molar-refractivity contribution >= 4 is 23.8 Å². The van der Waals surface area contributed by atoms with Crippen LogP contribution < -0.4 is 29.6 Å². The number of aromatic amines is 1. The number of benzene rings is 2. The predicted octanol–water partition coefficient (Wildman–Crippen LogP) is 7.34. The third-order valence-electron chi connectivity index (χ3n) is 9.48. The van der Waals surface area contributed by atoms with Crippen molar-refractivity contribution in [2.24, 2.45) is 11.8 Å². The molecule has 2 fully saturated rings. The van der Waals surface area contributed by atoms with Gasteiger partial charge in [-0.25, -0.2) is 19.6 Å². The van der Waals surface area contributed by atoms with E-state index in [1.807, 2.05) is 112 Å². The fourth-order valence-electron chi connectivity index (χ4n) is 6.25. The predicted molar refractivity (Wildman–Crippen MR) is 245 cm³/mol. The number of piperidine rings is 2. The van der Waals surface area contributed by atoms with Crippen molar-refractivity contribution in [1.82, 2.24) is 19.9 Å². The average Bonchev–Trinajstić information content (AvgIpc) is 3.34. The van der Waals surface area contributed by atoms with E-state index in [-0.39, 0.29) is 80.5 Å². The summed E-state index contributed by atoms with van der Waals surface area (Å²) < 4.78 is 22.4. The number of hydrogen-bond acceptors (Lipinski definition) is 14. The second-order valence-electron chi connectivity index (χ2n) is 13.5. The maximum atomic E-state index is 12.7. The summed E-state index contributed by atoms with van der Waals surface area (Å²) in [6, 6.07) is 18.8. The van der Waals surface area contributed by atoms with Crippen LogP contribution in [0.4, 0.5) is 11.9 Å². The smallest absolute Gasteiger partial charge is 0.361 e. The highest BCUT2D eigenvalue weighted by molar-refractivity contribution is 5.91. The van der Waals surface area contributed by atoms with Gasteiger partial charge < -0.3 is 44.1 Å². The van der Waals surface area contributed by atoms with E-state index in [2.05, 4.69) is 26.5 Å². The monoisotopic (exact) mass is 876 g/mol. The first-order chi connectivity index (χ1) is 30.7. The zero-order valence-electron chi connectivity index (χ0n) is 38.0. The van der Waals surface area contributed by atoms with Gasteiger partial charge >= 0.3 is 11.9 Å². The Hall–Kier alpha value is -6.00. The molecule has 4 heterocycles. The average molecular weight is 877 g/mol. The van der Waals surface area contributed by atoms with Gasteiger partial charge in [0.05, 0.1) is 6.61 Å². The molecule has 16 heteroatoms. The van der Waals surface area contributed by atoms with E-state index < -0.39 is 23.2 Å². The number of hydrogen-bond donors (Lipinski definition) is 4. The number of carbonyl (C=O) groups excluding carboxylic acids is 1. The molecule has 0 bridgehead atoms. The Morgan fingerprint density at radius 3 is 1.68 bits per heavy atom. The van der Waals surface area contributed by atoms with Crippen molar-refractivity contribution in [2.75, 3.05) is 62.4 Å². The number of nitrogens with zero attached hydrogens (tertiary/aromatic N) is 5. The van der Waals surface area contributed by atoms with Crippen LogP contribution in [0.1, 0.15) is 106 Å². The van der Waals surface area contributed by atoms with Gasteiger partial charge in [0.2, 0.25) is 23.4 Å². The lowest BCUT2D eigenvalue weighted by Crippen LogP contribution is -2.37. The topological polar surface area (TPSA) is 210 Å². The molecule has 6 rings (SSSR count). The number of esters is 1. The molecule has 0 spiro atoms. The highest BCUT2D eigenvalue weighted by Gasteiger charge is 2.29. The van der Waals surface area contributed by atoms with E-state index in [4.69, 9.17) is 18.9 Å². The highest BCUT2D eigenvalue weighted by atomic mass is 16.5. The Kier molecular flexibility index (Phi) is 25.4. The van der Waals surface area contributed by atoms with Gasteiger partial charge in [0.25, 0.3) is 11.4 Å². The molecule has 4 N–H and O–H groups in total. The molecular formula is C47H68N6O10. The normalized spacial score (nSPS) is 13.5. The van der Waals surface area contributed by atoms with Crippen LogP contribution in [0.2, 0.25) is 0 Å². The van der Waals surface area contributed by atoms with E-state index >= 15 is 0 Å². The molecule has 0 saturated carbocycles. The molecule has 4 aromatic rings. The summed E-state index contributed by atoms with van der Waals surface area (Å²) in [5.74, 6) is -0.784. The quantitative estimate of drug-likeness (QED) is 0.0641. The number of H-pyrrole nitrogens is 1. The first kappa shape index (κ1) is 53.1. The summed E-state index contributed by atoms with van der Waals surface area (Å²) in [6.45, 7) is 21.0. The SMILES string of the molecule is C=CCOc1nc(N2CCC(CO)CC2)nc(C(=O)OCC)c1OCc1ccccc1.CC.CC.CC.O=C(O)c1nc(N2CCC(CO)CC2)[nH]c(=O)c1OCc1ccccc1. The van der Waals surface area contributed by atoms with Crippen molar-refractivity contribution in [3.8, 4) is 17.4 Å². The van der Waals surface area contributed by atoms with Gasteiger partial charge in [0, 0.05) is 39.4 Å². The first-order valence-electron chi connectivity index (χ1n) is 22.0. The fourth-order valence-corrected chi connectivity index (χ4v) is 6.25. The minimum atomic E-state index is -1.31. The molecule has 2 aliphatic heterocycles. The van der Waals surface area contributed by atoms with Gasteiger partial charge in [0.15, 0.2) is 11.4 Å². The molecule has 16 nitrogen and oxygen atoms in total. The van der Waals surface area contributed by atoms with Crippen LogP contribution in [0, 0.1) is 11.8 Å². The second-order valence-corrected chi connectivity index (χ2v) is 13.5. The number of aliphatic hydroxyl groups is 2. The summed E-state index contributed by atoms with van der Waals surface area (Å²) in [5.41, 5.74) is 0.767. The van der Waals surface area contributed by atoms with Gasteiger partial charge in [0.1, 0.15) is 19.8 Å². The fraction of sp³-hybridized carbons (Fsp3) is 0.489. The largest absolute Gasteiger partial charge is 0.481 e. The highest BCUT2D eigenvalue weighted by Crippen LogP contribution is 2.33. The van der Waals surface area contributed by atoms with Crippen LogP contribution in [0.15, 0.2) is 78.1 Å². The lowest BCUT2D eigenvalue weighted by atomic mass is 9.98. The van der Waals surface area contributed by atoms with E-state index in [0.717, 1.165) is 36.8 Å². The maximum absolute atomic E-state index is 12.7. The Labute approximate surface area is 371 Å². The Bertz CT molecular complexity index is 1970. The van der Waals surface area contributed by atoms with E-state index in [0.29, 0.717) is 32.1 Å². The van der Waals surface area contributed by atoms with E-state index in [9.17, 15) is 29.7 Å². The Morgan fingerprint density at radius 2 is 1.22 bits per heavy atom. The summed E-state index contributed by atoms with van der Waals surface area (Å²) >= 11 is 0. The van der Waals surface area contributed by atoms with Crippen LogP contribution in [-0.2, 0) is 18.0 Å². The third-order valence-corrected chi connectivity index (χ3v) is 9.48. The van der Waals surface area contributed by atoms with Gasteiger partial charge in [-0.2, -0.15) is 4.98 Å². The molecule has 2 aliphatic rings. The number of aromatic carboxylic acids is 1. The molecule has 0 aliphatic carbocycles. The van der Waals surface area contributed by atoms with Gasteiger partial charge in [-0.3, -0.25) is 9.78 Å². The van der Waals surface area contributed by atoms with Crippen molar-refractivity contribution in [3.05, 3.63) is 106 Å². The molecule has 63 heavy (non-hydrogen) atoms. The summed E-state index contributed by atoms with van der Waals surface area (Å²) in [6.07, 6.45) is 4.76. The number of aliphatic hydroxyl groups excluding tert-OH is 2. The number of carboxylic acid groups (broad SMARTS) is 1. The zero-order valence-corrected chi connectivity index (χ0v) is 38.0. The lowest BCUT2D eigenvalue weighted by molar-refractivity contribution is 0.0511. The number of carboxylic acids is 1. The van der Waals surface area contributed by atoms with E-state index in [1.54, 1.807) is 13.0 Å². The number of ether oxygens (including phenoxy) is 4. The standard InChI is InChI=1S/C23H29N3O5.C18H21N3O5.3C2H6/c1-3-14-30-21-20(31-16-18-8-6-5-7-9-18)19(22(28)29-4-2)24-23(25-21)26-12-10-17(15-27)11-13-26;22-10-12-6-8-21(9-7-12)18-19-14(17(24)25)15(16(23)20-18)26-11-13-4-2-1-3-5-13;3*1-2/h3,5-9,17,27H,1,4,10-16H2,2H3;1-5,12,22H,6-11H2,(H,24,25)(H,19,20,23);3*1-2H3. The van der Waals surface area contributed by atoms with E-state index in [1.165, 1.54) is 0 Å². The number of aromatic nitrogens is 4. The summed E-state index contributed by atoms with van der Waals surface area (Å²) in [5, 5.41) is 28.1. The van der Waals surface area contributed by atoms with Crippen LogP contribution in [0.5, 0.6) is 17.4 Å². The zero-order chi connectivity index (χ0) is 46.6. The molecular weight excluding hydrogens is 809 g/mol. The molecule has 0 amide bonds. The van der Waals surface area contributed by atoms with Crippen molar-refractivity contribution in [3.63, 3.8) is 0 Å². The van der Waals surface area contributed by atoms with Gasteiger partial charge in [-0.15, -0.1) is 0 Å². The van der Waals surface area contributed by atoms with Gasteiger partial charge in [-0.1, -0.05) is 115 Å². The van der Waals surface area contributed by atoms with Crippen LogP contribution in [0.3, 0.4) is 0 Å². The van der Waals surface area contributed by atoms with Gasteiger partial charge in [-0.05, 0) is 55.6 Å². The molecule has 2 saturated heterocycles. The number of rotatable bonds is 16. The van der Waals surface area contributed by atoms with Crippen molar-refractivity contribution in [1.29, 1.82) is 0 Å². The lowest BCUT2D eigenvalue weighted by Gasteiger charge is -2.31. The van der Waals surface area contributed by atoms with Crippen molar-refractivity contribution < 1.29 is 43.9 Å². The second kappa shape index (κ2) is 30.1. The minimum Gasteiger partial charge on any atom is -0.481 e. The molecule has 346 valence electrons. The Morgan fingerprint density at radius 1 is 0.730 bits per heavy atom. The van der Waals surface area contributed by atoms with Crippen LogP contribution in [0.25, 0.3) is 0 Å². The molecule has 0 atom stereocenters. The molecule has 2 aromatic heterocycles. The molecule has 0 radical (unpaired) electrons. The van der Waals surface area contributed by atoms with Crippen molar-refractivity contribution in [2.45, 2.75) is 87.4 Å². The molecule has 2 aromatic carbocycles. The minimum absolute atomic E-state index is 0.0334. The number of anilines is 2. The van der Waals surface area contributed by atoms with Crippen LogP contribution in [-0.4, -0.2) is 99.8 Å². The maximum Gasteiger partial charge on any atom is 0.361 e. The Balaban J connectivity index is 0.000000392. The molecule has 0 unspecified atom stereocenters.